The monoisotopic (exact) mass is 1210 g/mol. The number of rotatable bonds is 21. The fraction of sp³-hybridized carbons (Fsp3) is 0.571. The molecule has 17 heteroatoms. The average Bonchev–Trinajstić information content (AvgIpc) is 1.62. The van der Waals surface area contributed by atoms with Crippen molar-refractivity contribution in [1.29, 1.82) is 0 Å². The van der Waals surface area contributed by atoms with Crippen LogP contribution in [-0.4, -0.2) is 131 Å². The minimum absolute atomic E-state index is 0. The zero-order valence-electron chi connectivity index (χ0n) is 49.4. The van der Waals surface area contributed by atoms with Crippen LogP contribution < -0.4 is 22.9 Å². The summed E-state index contributed by atoms with van der Waals surface area (Å²) in [5, 5.41) is 0. The van der Waals surface area contributed by atoms with Gasteiger partial charge in [-0.25, -0.2) is 0 Å². The molecule has 0 bridgehead atoms. The third-order valence-electron chi connectivity index (χ3n) is 17.5. The number of fused-ring (bicyclic) bond motifs is 4. The smallest absolute Gasteiger partial charge is 0.236 e. The minimum atomic E-state index is -0.463. The van der Waals surface area contributed by atoms with Crippen molar-refractivity contribution in [3.05, 3.63) is 135 Å². The molecule has 0 aromatic carbocycles. The van der Waals surface area contributed by atoms with Gasteiger partial charge in [-0.2, -0.15) is 0 Å². The molecule has 8 amide bonds. The van der Waals surface area contributed by atoms with Gasteiger partial charge in [0.2, 0.25) is 47.3 Å². The van der Waals surface area contributed by atoms with E-state index in [0.29, 0.717) is 45.2 Å². The Morgan fingerprint density at radius 1 is 0.414 bits per heavy atom. The molecular formula is C70H112N8O9. The largest absolute Gasteiger partial charge is 0.365 e. The van der Waals surface area contributed by atoms with E-state index in [1.807, 2.05) is 26.0 Å². The van der Waals surface area contributed by atoms with Crippen LogP contribution in [0.1, 0.15) is 104 Å². The lowest BCUT2D eigenvalue weighted by Crippen LogP contribution is -2.38. The van der Waals surface area contributed by atoms with Crippen molar-refractivity contribution in [3.8, 4) is 0 Å². The lowest BCUT2D eigenvalue weighted by Gasteiger charge is -2.23. The van der Waals surface area contributed by atoms with E-state index in [4.69, 9.17) is 27.7 Å². The SMILES string of the molecule is C.C.C.C.C.C=CC1C(=C(C)C)C(C=C)C2C(=O)N(CCN)C(=O)C12.C=CC1C(=C(CCC)CCC)C(C=C)C2C(=O)N(CCN)C(=O)C12.C=CC1C(=CC(C)C)C(C=C)C2C(=O)N(CCN)C(=O)C12.C=CC1OC(C=C)C2C(=O)N(CCN)C(=O)C12. The molecule has 17 nitrogen and oxygen atoms in total. The topological polar surface area (TPSA) is 263 Å². The molecule has 8 rings (SSSR count). The second-order valence-corrected chi connectivity index (χ2v) is 22.7. The van der Waals surface area contributed by atoms with Crippen LogP contribution in [0.5, 0.6) is 0 Å². The maximum absolute atomic E-state index is 12.8. The molecule has 5 aliphatic heterocycles. The molecule has 486 valence electrons. The van der Waals surface area contributed by atoms with E-state index in [2.05, 4.69) is 86.4 Å². The Labute approximate surface area is 523 Å². The highest BCUT2D eigenvalue weighted by molar-refractivity contribution is 6.09. The molecular weight excluding hydrogens is 1100 g/mol. The van der Waals surface area contributed by atoms with Crippen LogP contribution >= 0.6 is 0 Å². The molecule has 8 N–H and O–H groups in total. The van der Waals surface area contributed by atoms with E-state index in [1.54, 1.807) is 36.5 Å². The molecule has 0 aromatic rings. The zero-order valence-corrected chi connectivity index (χ0v) is 49.4. The normalized spacial score (nSPS) is 30.3. The Morgan fingerprint density at radius 2 is 0.655 bits per heavy atom. The van der Waals surface area contributed by atoms with E-state index in [-0.39, 0.29) is 168 Å². The number of nitrogens with zero attached hydrogens (tertiary/aromatic N) is 4. The standard InChI is InChI=1S/C20H30N2O2.C17H24N2O2.C16H22N2O2.C12H16N2O3.5CH4/c1-5-9-13(10-6-2)16-14(7-3)17-18(15(16)8-4)20(24)22(12-11-21)19(17)23;1-5-11-13(9-10(3)4)12(6-2)15-14(11)16(20)19(8-7-18)17(15)21;1-5-10-12(9(3)4)11(6-2)14-13(10)15(19)18(8-7-17)16(14)20;1-3-7-9-10(8(4-2)17-7)12(16)14(6-5-13)11(9)15;;;;;/h7-8,14-15,17-18H,3-6,9-12,21H2,1-2H3;5-6,9-12,14-15H,1-2,7-8,18H2,3-4H3;5-6,10-11,13-14H,1-2,7-8,17H2,3-4H3;3-4,7-10H,1-2,5-6,13H2;5*1H4. The van der Waals surface area contributed by atoms with Gasteiger partial charge in [-0.15, -0.1) is 52.6 Å². The molecule has 8 fully saturated rings. The molecule has 16 atom stereocenters. The third-order valence-corrected chi connectivity index (χ3v) is 17.5. The maximum Gasteiger partial charge on any atom is 0.236 e. The molecule has 0 aromatic heterocycles. The van der Waals surface area contributed by atoms with Crippen LogP contribution in [0.3, 0.4) is 0 Å². The van der Waals surface area contributed by atoms with Gasteiger partial charge in [-0.05, 0) is 32.6 Å². The van der Waals surface area contributed by atoms with Crippen LogP contribution in [0.4, 0.5) is 0 Å². The number of hydrogen-bond acceptors (Lipinski definition) is 13. The first kappa shape index (κ1) is 80.5. The Balaban J connectivity index is 0.00000112. The Morgan fingerprint density at radius 3 is 0.862 bits per heavy atom. The van der Waals surface area contributed by atoms with E-state index in [9.17, 15) is 38.4 Å². The van der Waals surface area contributed by atoms with E-state index in [0.717, 1.165) is 42.4 Å². The van der Waals surface area contributed by atoms with Gasteiger partial charge in [0.1, 0.15) is 0 Å². The molecule has 5 heterocycles. The average molecular weight is 1210 g/mol. The summed E-state index contributed by atoms with van der Waals surface area (Å²) in [5.74, 6) is -4.07. The number of carbonyl (C=O) groups is 8. The van der Waals surface area contributed by atoms with E-state index in [1.165, 1.54) is 30.7 Å². The first-order chi connectivity index (χ1) is 39.2. The van der Waals surface area contributed by atoms with Crippen molar-refractivity contribution in [2.24, 2.45) is 112 Å². The summed E-state index contributed by atoms with van der Waals surface area (Å²) in [7, 11) is 0. The molecule has 5 saturated heterocycles. The fourth-order valence-electron chi connectivity index (χ4n) is 14.5. The fourth-order valence-corrected chi connectivity index (χ4v) is 14.5. The summed E-state index contributed by atoms with van der Waals surface area (Å²) in [4.78, 5) is 105. The predicted molar refractivity (Wildman–Crippen MR) is 354 cm³/mol. The summed E-state index contributed by atoms with van der Waals surface area (Å²) >= 11 is 0. The maximum atomic E-state index is 12.8. The number of imide groups is 4. The number of amides is 8. The van der Waals surface area contributed by atoms with Crippen LogP contribution in [0.15, 0.2) is 135 Å². The number of likely N-dealkylation sites (tertiary alicyclic amines) is 4. The van der Waals surface area contributed by atoms with Crippen molar-refractivity contribution in [2.75, 3.05) is 52.4 Å². The summed E-state index contributed by atoms with van der Waals surface area (Å²) < 4.78 is 5.56. The van der Waals surface area contributed by atoms with Gasteiger partial charge in [-0.1, -0.05) is 160 Å². The van der Waals surface area contributed by atoms with Gasteiger partial charge in [-0.3, -0.25) is 58.0 Å². The molecule has 3 saturated carbocycles. The minimum Gasteiger partial charge on any atom is -0.365 e. The first-order valence-electron chi connectivity index (χ1n) is 29.2. The van der Waals surface area contributed by atoms with Gasteiger partial charge < -0.3 is 27.7 Å². The van der Waals surface area contributed by atoms with Crippen molar-refractivity contribution in [1.82, 2.24) is 19.6 Å². The summed E-state index contributed by atoms with van der Waals surface area (Å²) in [6, 6.07) is 0. The Bertz CT molecular complexity index is 2520. The van der Waals surface area contributed by atoms with Gasteiger partial charge in [0.05, 0.1) is 59.6 Å². The van der Waals surface area contributed by atoms with E-state index < -0.39 is 24.0 Å². The highest BCUT2D eigenvalue weighted by Gasteiger charge is 2.62. The quantitative estimate of drug-likeness (QED) is 0.0618. The Kier molecular flexibility index (Phi) is 32.8. The molecule has 87 heavy (non-hydrogen) atoms. The van der Waals surface area contributed by atoms with Crippen LogP contribution in [-0.2, 0) is 43.1 Å². The Hall–Kier alpha value is -6.50. The van der Waals surface area contributed by atoms with Gasteiger partial charge in [0.15, 0.2) is 0 Å². The molecule has 0 radical (unpaired) electrons. The molecule has 8 aliphatic rings. The second-order valence-electron chi connectivity index (χ2n) is 22.7. The first-order valence-corrected chi connectivity index (χ1v) is 29.2. The van der Waals surface area contributed by atoms with Crippen molar-refractivity contribution in [2.45, 2.75) is 117 Å². The van der Waals surface area contributed by atoms with Gasteiger partial charge in [0, 0.05) is 87.9 Å². The zero-order chi connectivity index (χ0) is 61.2. The number of allylic oxidation sites excluding steroid dienone is 12. The number of ether oxygens (including phenoxy) is 1. The summed E-state index contributed by atoms with van der Waals surface area (Å²) in [6.45, 7) is 45.5. The summed E-state index contributed by atoms with van der Waals surface area (Å²) in [5.41, 5.74) is 28.0. The van der Waals surface area contributed by atoms with Crippen molar-refractivity contribution < 1.29 is 43.1 Å². The number of hydrogen-bond donors (Lipinski definition) is 4. The number of carbonyl (C=O) groups excluding carboxylic acids is 8. The second kappa shape index (κ2) is 35.5. The lowest BCUT2D eigenvalue weighted by atomic mass is 9.85. The van der Waals surface area contributed by atoms with Gasteiger partial charge >= 0.3 is 0 Å². The van der Waals surface area contributed by atoms with Crippen LogP contribution in [0, 0.1) is 88.8 Å². The van der Waals surface area contributed by atoms with Crippen LogP contribution in [0.25, 0.3) is 0 Å². The predicted octanol–water partition coefficient (Wildman–Crippen LogP) is 9.17. The highest BCUT2D eigenvalue weighted by Crippen LogP contribution is 2.55. The van der Waals surface area contributed by atoms with Gasteiger partial charge in [0.25, 0.3) is 0 Å². The molecule has 16 unspecified atom stereocenters. The van der Waals surface area contributed by atoms with Crippen molar-refractivity contribution in [3.63, 3.8) is 0 Å². The molecule has 3 aliphatic carbocycles. The van der Waals surface area contributed by atoms with E-state index >= 15 is 0 Å². The number of nitrogens with two attached hydrogens (primary N) is 4. The van der Waals surface area contributed by atoms with Crippen LogP contribution in [0.2, 0.25) is 0 Å². The third kappa shape index (κ3) is 14.8. The molecule has 0 spiro atoms. The summed E-state index contributed by atoms with van der Waals surface area (Å²) in [6.07, 6.45) is 19.5. The lowest BCUT2D eigenvalue weighted by molar-refractivity contribution is -0.143. The van der Waals surface area contributed by atoms with Crippen molar-refractivity contribution >= 4 is 47.3 Å². The highest BCUT2D eigenvalue weighted by atomic mass is 16.5.